The summed E-state index contributed by atoms with van der Waals surface area (Å²) in [6, 6.07) is 6.11. The SMILES string of the molecule is Cc1ccc2sc(C(=O)NCCCC(C)C)c(N)c2c1. The number of hydrogen-bond donors (Lipinski definition) is 2. The van der Waals surface area contributed by atoms with Crippen molar-refractivity contribution in [2.75, 3.05) is 12.3 Å². The van der Waals surface area contributed by atoms with Gasteiger partial charge < -0.3 is 11.1 Å². The van der Waals surface area contributed by atoms with Gasteiger partial charge in [-0.15, -0.1) is 11.3 Å². The molecule has 0 fully saturated rings. The number of carbonyl (C=O) groups excluding carboxylic acids is 1. The first-order valence-corrected chi connectivity index (χ1v) is 7.87. The molecular formula is C16H22N2OS. The third kappa shape index (κ3) is 3.31. The van der Waals surface area contributed by atoms with Crippen LogP contribution in [0.2, 0.25) is 0 Å². The second-order valence-corrected chi connectivity index (χ2v) is 6.69. The number of nitrogen functional groups attached to an aromatic ring is 1. The fraction of sp³-hybridized carbons (Fsp3) is 0.438. The first kappa shape index (κ1) is 14.9. The van der Waals surface area contributed by atoms with E-state index in [-0.39, 0.29) is 5.91 Å². The molecule has 0 atom stereocenters. The highest BCUT2D eigenvalue weighted by Gasteiger charge is 2.15. The van der Waals surface area contributed by atoms with Crippen molar-refractivity contribution in [2.24, 2.45) is 5.92 Å². The summed E-state index contributed by atoms with van der Waals surface area (Å²) in [4.78, 5) is 12.8. The lowest BCUT2D eigenvalue weighted by molar-refractivity contribution is 0.0957. The zero-order chi connectivity index (χ0) is 14.7. The molecule has 0 saturated carbocycles. The molecule has 0 radical (unpaired) electrons. The van der Waals surface area contributed by atoms with Crippen LogP contribution in [0.1, 0.15) is 41.9 Å². The minimum Gasteiger partial charge on any atom is -0.397 e. The molecule has 2 rings (SSSR count). The molecule has 3 N–H and O–H groups in total. The number of thiophene rings is 1. The summed E-state index contributed by atoms with van der Waals surface area (Å²) in [5.74, 6) is 0.620. The van der Waals surface area contributed by atoms with E-state index in [4.69, 9.17) is 5.73 Å². The molecule has 1 amide bonds. The summed E-state index contributed by atoms with van der Waals surface area (Å²) in [6.07, 6.45) is 2.13. The van der Waals surface area contributed by atoms with Crippen molar-refractivity contribution in [3.63, 3.8) is 0 Å². The van der Waals surface area contributed by atoms with Gasteiger partial charge in [0.25, 0.3) is 5.91 Å². The van der Waals surface area contributed by atoms with E-state index in [9.17, 15) is 4.79 Å². The van der Waals surface area contributed by atoms with Crippen molar-refractivity contribution >= 4 is 33.0 Å². The van der Waals surface area contributed by atoms with E-state index in [2.05, 4.69) is 19.2 Å². The monoisotopic (exact) mass is 290 g/mol. The highest BCUT2D eigenvalue weighted by Crippen LogP contribution is 2.34. The molecule has 2 aromatic rings. The largest absolute Gasteiger partial charge is 0.397 e. The van der Waals surface area contributed by atoms with Gasteiger partial charge in [-0.1, -0.05) is 25.5 Å². The Balaban J connectivity index is 2.08. The number of fused-ring (bicyclic) bond motifs is 1. The zero-order valence-electron chi connectivity index (χ0n) is 12.3. The maximum atomic E-state index is 12.2. The fourth-order valence-electron chi connectivity index (χ4n) is 2.19. The number of nitrogens with one attached hydrogen (secondary N) is 1. The Labute approximate surface area is 124 Å². The van der Waals surface area contributed by atoms with Gasteiger partial charge in [-0.25, -0.2) is 0 Å². The predicted octanol–water partition coefficient (Wildman–Crippen LogP) is 3.96. The maximum Gasteiger partial charge on any atom is 0.263 e. The van der Waals surface area contributed by atoms with Crippen molar-refractivity contribution in [3.05, 3.63) is 28.6 Å². The normalized spacial score (nSPS) is 11.2. The average Bonchev–Trinajstić information content (AvgIpc) is 2.72. The van der Waals surface area contributed by atoms with Crippen molar-refractivity contribution in [1.82, 2.24) is 5.32 Å². The van der Waals surface area contributed by atoms with Gasteiger partial charge in [0.05, 0.1) is 5.69 Å². The van der Waals surface area contributed by atoms with Crippen LogP contribution in [0.3, 0.4) is 0 Å². The van der Waals surface area contributed by atoms with Gasteiger partial charge in [0.2, 0.25) is 0 Å². The van der Waals surface area contributed by atoms with E-state index in [1.54, 1.807) is 0 Å². The van der Waals surface area contributed by atoms with E-state index in [1.165, 1.54) is 11.3 Å². The molecule has 0 aliphatic rings. The molecule has 3 nitrogen and oxygen atoms in total. The average molecular weight is 290 g/mol. The Bertz CT molecular complexity index is 616. The minimum atomic E-state index is -0.0508. The van der Waals surface area contributed by atoms with E-state index in [0.29, 0.717) is 23.0 Å². The Morgan fingerprint density at radius 1 is 1.40 bits per heavy atom. The number of nitrogens with two attached hydrogens (primary N) is 1. The van der Waals surface area contributed by atoms with E-state index < -0.39 is 0 Å². The summed E-state index contributed by atoms with van der Waals surface area (Å²) < 4.78 is 1.07. The van der Waals surface area contributed by atoms with E-state index in [1.807, 2.05) is 25.1 Å². The highest BCUT2D eigenvalue weighted by molar-refractivity contribution is 7.21. The third-order valence-electron chi connectivity index (χ3n) is 3.33. The molecule has 1 aromatic carbocycles. The van der Waals surface area contributed by atoms with Crippen LogP contribution in [0.15, 0.2) is 18.2 Å². The van der Waals surface area contributed by atoms with Crippen LogP contribution in [0.4, 0.5) is 5.69 Å². The minimum absolute atomic E-state index is 0.0508. The second-order valence-electron chi connectivity index (χ2n) is 5.64. The number of aryl methyl sites for hydroxylation is 1. The van der Waals surface area contributed by atoms with Crippen LogP contribution in [0, 0.1) is 12.8 Å². The molecule has 0 aliphatic carbocycles. The van der Waals surface area contributed by atoms with E-state index >= 15 is 0 Å². The van der Waals surface area contributed by atoms with Gasteiger partial charge in [0.15, 0.2) is 0 Å². The Morgan fingerprint density at radius 3 is 2.85 bits per heavy atom. The lowest BCUT2D eigenvalue weighted by Gasteiger charge is -2.06. The van der Waals surface area contributed by atoms with Crippen LogP contribution < -0.4 is 11.1 Å². The third-order valence-corrected chi connectivity index (χ3v) is 4.52. The molecule has 108 valence electrons. The Morgan fingerprint density at radius 2 is 2.15 bits per heavy atom. The first-order valence-electron chi connectivity index (χ1n) is 7.06. The fourth-order valence-corrected chi connectivity index (χ4v) is 3.21. The van der Waals surface area contributed by atoms with Gasteiger partial charge >= 0.3 is 0 Å². The van der Waals surface area contributed by atoms with Crippen LogP contribution in [-0.2, 0) is 0 Å². The van der Waals surface area contributed by atoms with Gasteiger partial charge in [-0.2, -0.15) is 0 Å². The summed E-state index contributed by atoms with van der Waals surface area (Å²) in [6.45, 7) is 7.12. The summed E-state index contributed by atoms with van der Waals surface area (Å²) in [7, 11) is 0. The smallest absolute Gasteiger partial charge is 0.263 e. The summed E-state index contributed by atoms with van der Waals surface area (Å²) in [5, 5.41) is 3.95. The van der Waals surface area contributed by atoms with Crippen LogP contribution in [-0.4, -0.2) is 12.5 Å². The molecular weight excluding hydrogens is 268 g/mol. The van der Waals surface area contributed by atoms with Gasteiger partial charge in [0, 0.05) is 16.6 Å². The number of anilines is 1. The number of rotatable bonds is 5. The topological polar surface area (TPSA) is 55.1 Å². The Hall–Kier alpha value is -1.55. The molecule has 20 heavy (non-hydrogen) atoms. The number of carbonyl (C=O) groups is 1. The highest BCUT2D eigenvalue weighted by atomic mass is 32.1. The molecule has 4 heteroatoms. The van der Waals surface area contributed by atoms with E-state index in [0.717, 1.165) is 28.5 Å². The lowest BCUT2D eigenvalue weighted by atomic mass is 10.1. The molecule has 0 bridgehead atoms. The predicted molar refractivity (Wildman–Crippen MR) is 87.4 cm³/mol. The van der Waals surface area contributed by atoms with Crippen LogP contribution in [0.25, 0.3) is 10.1 Å². The quantitative estimate of drug-likeness (QED) is 0.819. The van der Waals surface area contributed by atoms with Crippen molar-refractivity contribution < 1.29 is 4.79 Å². The summed E-state index contributed by atoms with van der Waals surface area (Å²) in [5.41, 5.74) is 7.88. The number of amides is 1. The molecule has 0 spiro atoms. The molecule has 0 aliphatic heterocycles. The molecule has 0 unspecified atom stereocenters. The lowest BCUT2D eigenvalue weighted by Crippen LogP contribution is -2.24. The first-order chi connectivity index (χ1) is 9.49. The van der Waals surface area contributed by atoms with Crippen molar-refractivity contribution in [1.29, 1.82) is 0 Å². The number of benzene rings is 1. The van der Waals surface area contributed by atoms with Gasteiger partial charge in [-0.05, 0) is 37.8 Å². The molecule has 1 heterocycles. The molecule has 1 aromatic heterocycles. The van der Waals surface area contributed by atoms with Crippen molar-refractivity contribution in [3.8, 4) is 0 Å². The zero-order valence-corrected chi connectivity index (χ0v) is 13.1. The van der Waals surface area contributed by atoms with Crippen LogP contribution in [0.5, 0.6) is 0 Å². The van der Waals surface area contributed by atoms with Crippen molar-refractivity contribution in [2.45, 2.75) is 33.6 Å². The van der Waals surface area contributed by atoms with Gasteiger partial charge in [0.1, 0.15) is 4.88 Å². The summed E-state index contributed by atoms with van der Waals surface area (Å²) >= 11 is 1.47. The number of hydrogen-bond acceptors (Lipinski definition) is 3. The Kier molecular flexibility index (Phi) is 4.65. The maximum absolute atomic E-state index is 12.2. The van der Waals surface area contributed by atoms with Gasteiger partial charge in [-0.3, -0.25) is 4.79 Å². The molecule has 0 saturated heterocycles. The van der Waals surface area contributed by atoms with Crippen LogP contribution >= 0.6 is 11.3 Å². The second kappa shape index (κ2) is 6.27. The standard InChI is InChI=1S/C16H22N2OS/c1-10(2)5-4-8-18-16(19)15-14(17)12-9-11(3)6-7-13(12)20-15/h6-7,9-10H,4-5,8,17H2,1-3H3,(H,18,19).